The fourth-order valence-corrected chi connectivity index (χ4v) is 3.55. The van der Waals surface area contributed by atoms with Crippen molar-refractivity contribution in [2.75, 3.05) is 18.4 Å². The molecule has 1 fully saturated rings. The molecular formula is C21H32ClN5O. The molecule has 1 saturated heterocycles. The second-order valence-electron chi connectivity index (χ2n) is 7.92. The largest absolute Gasteiger partial charge is 0.317 e. The lowest BCUT2D eigenvalue weighted by Crippen LogP contribution is -2.27. The van der Waals surface area contributed by atoms with Gasteiger partial charge in [-0.15, -0.1) is 12.4 Å². The maximum Gasteiger partial charge on any atom is 0.227 e. The molecule has 1 aromatic heterocycles. The summed E-state index contributed by atoms with van der Waals surface area (Å²) < 4.78 is 1.68. The van der Waals surface area contributed by atoms with E-state index in [1.807, 2.05) is 7.05 Å². The molecule has 0 spiro atoms. The number of amides is 1. The number of aromatic nitrogens is 3. The molecule has 2 aromatic rings. The van der Waals surface area contributed by atoms with Crippen LogP contribution in [0.1, 0.15) is 74.7 Å². The Morgan fingerprint density at radius 3 is 2.39 bits per heavy atom. The Kier molecular flexibility index (Phi) is 8.01. The summed E-state index contributed by atoms with van der Waals surface area (Å²) in [5.41, 5.74) is 2.50. The van der Waals surface area contributed by atoms with Gasteiger partial charge in [-0.05, 0) is 48.9 Å². The third-order valence-electron chi connectivity index (χ3n) is 5.40. The van der Waals surface area contributed by atoms with E-state index in [0.717, 1.165) is 31.8 Å². The van der Waals surface area contributed by atoms with Crippen molar-refractivity contribution in [3.8, 4) is 0 Å². The van der Waals surface area contributed by atoms with Crippen molar-refractivity contribution in [2.45, 2.75) is 57.8 Å². The SMILES string of the molecule is CC(C)c1ccc(C(C)CC(=O)Nc2nc(C3CCNCC3)nn2C)cc1.Cl. The summed E-state index contributed by atoms with van der Waals surface area (Å²) in [5, 5.41) is 10.8. The number of benzene rings is 1. The number of hydrogen-bond acceptors (Lipinski definition) is 4. The number of carbonyl (C=O) groups excluding carboxylic acids is 1. The lowest BCUT2D eigenvalue weighted by molar-refractivity contribution is -0.116. The van der Waals surface area contributed by atoms with Gasteiger partial charge in [0.05, 0.1) is 0 Å². The van der Waals surface area contributed by atoms with Crippen LogP contribution in [0.4, 0.5) is 5.95 Å². The van der Waals surface area contributed by atoms with E-state index in [1.54, 1.807) is 4.68 Å². The zero-order chi connectivity index (χ0) is 19.4. The molecule has 3 rings (SSSR count). The van der Waals surface area contributed by atoms with Gasteiger partial charge in [-0.2, -0.15) is 10.1 Å². The van der Waals surface area contributed by atoms with Crippen LogP contribution in [-0.2, 0) is 11.8 Å². The summed E-state index contributed by atoms with van der Waals surface area (Å²) in [6, 6.07) is 8.57. The van der Waals surface area contributed by atoms with Gasteiger partial charge in [0.25, 0.3) is 0 Å². The first kappa shape index (κ1) is 22.4. The van der Waals surface area contributed by atoms with Gasteiger partial charge in [0.2, 0.25) is 11.9 Å². The van der Waals surface area contributed by atoms with E-state index in [0.29, 0.717) is 24.2 Å². The smallest absolute Gasteiger partial charge is 0.227 e. The summed E-state index contributed by atoms with van der Waals surface area (Å²) in [6.45, 7) is 8.45. The molecule has 1 amide bonds. The first-order valence-electron chi connectivity index (χ1n) is 9.95. The number of nitrogens with one attached hydrogen (secondary N) is 2. The van der Waals surface area contributed by atoms with Crippen LogP contribution in [0.5, 0.6) is 0 Å². The van der Waals surface area contributed by atoms with Crippen molar-refractivity contribution in [2.24, 2.45) is 7.05 Å². The first-order chi connectivity index (χ1) is 12.9. The van der Waals surface area contributed by atoms with Gasteiger partial charge in [-0.25, -0.2) is 4.68 Å². The van der Waals surface area contributed by atoms with Crippen LogP contribution < -0.4 is 10.6 Å². The molecule has 2 N–H and O–H groups in total. The van der Waals surface area contributed by atoms with Crippen LogP contribution in [0.25, 0.3) is 0 Å². The van der Waals surface area contributed by atoms with Gasteiger partial charge in [-0.3, -0.25) is 10.1 Å². The number of carbonyl (C=O) groups is 1. The maximum absolute atomic E-state index is 12.5. The molecule has 1 unspecified atom stereocenters. The highest BCUT2D eigenvalue weighted by atomic mass is 35.5. The molecule has 154 valence electrons. The van der Waals surface area contributed by atoms with Crippen molar-refractivity contribution < 1.29 is 4.79 Å². The lowest BCUT2D eigenvalue weighted by Gasteiger charge is -2.19. The molecular weight excluding hydrogens is 374 g/mol. The van der Waals surface area contributed by atoms with E-state index in [9.17, 15) is 4.79 Å². The zero-order valence-electron chi connectivity index (χ0n) is 17.2. The molecule has 0 saturated carbocycles. The fraction of sp³-hybridized carbons (Fsp3) is 0.571. The lowest BCUT2D eigenvalue weighted by atomic mass is 9.94. The molecule has 0 aliphatic carbocycles. The van der Waals surface area contributed by atoms with E-state index in [1.165, 1.54) is 11.1 Å². The Morgan fingerprint density at radius 2 is 1.79 bits per heavy atom. The van der Waals surface area contributed by atoms with Gasteiger partial charge in [0.1, 0.15) is 0 Å². The number of rotatable bonds is 6. The molecule has 1 aliphatic heterocycles. The number of anilines is 1. The summed E-state index contributed by atoms with van der Waals surface area (Å²) >= 11 is 0. The second kappa shape index (κ2) is 10.0. The Hall–Kier alpha value is -1.92. The average molecular weight is 406 g/mol. The van der Waals surface area contributed by atoms with Gasteiger partial charge >= 0.3 is 0 Å². The van der Waals surface area contributed by atoms with Crippen LogP contribution in [-0.4, -0.2) is 33.8 Å². The zero-order valence-corrected chi connectivity index (χ0v) is 18.1. The Labute approximate surface area is 173 Å². The average Bonchev–Trinajstić information content (AvgIpc) is 3.03. The Balaban J connectivity index is 0.00000280. The van der Waals surface area contributed by atoms with Crippen molar-refractivity contribution in [1.29, 1.82) is 0 Å². The molecule has 1 aromatic carbocycles. The highest BCUT2D eigenvalue weighted by Gasteiger charge is 2.21. The maximum atomic E-state index is 12.5. The molecule has 0 bridgehead atoms. The topological polar surface area (TPSA) is 71.8 Å². The van der Waals surface area contributed by atoms with E-state index in [4.69, 9.17) is 0 Å². The highest BCUT2D eigenvalue weighted by Crippen LogP contribution is 2.25. The molecule has 7 heteroatoms. The van der Waals surface area contributed by atoms with E-state index >= 15 is 0 Å². The van der Waals surface area contributed by atoms with Crippen LogP contribution in [0.2, 0.25) is 0 Å². The minimum absolute atomic E-state index is 0. The number of hydrogen-bond donors (Lipinski definition) is 2. The van der Waals surface area contributed by atoms with E-state index in [2.05, 4.69) is 65.8 Å². The Morgan fingerprint density at radius 1 is 1.18 bits per heavy atom. The van der Waals surface area contributed by atoms with Gasteiger partial charge in [0, 0.05) is 19.4 Å². The molecule has 1 aliphatic rings. The fourth-order valence-electron chi connectivity index (χ4n) is 3.55. The summed E-state index contributed by atoms with van der Waals surface area (Å²) in [7, 11) is 1.83. The summed E-state index contributed by atoms with van der Waals surface area (Å²) in [5.74, 6) is 2.40. The quantitative estimate of drug-likeness (QED) is 0.762. The summed E-state index contributed by atoms with van der Waals surface area (Å²) in [6.07, 6.45) is 2.51. The Bertz CT molecular complexity index is 766. The van der Waals surface area contributed by atoms with Crippen LogP contribution in [0.15, 0.2) is 24.3 Å². The number of aryl methyl sites for hydroxylation is 1. The van der Waals surface area contributed by atoms with Crippen LogP contribution in [0, 0.1) is 0 Å². The number of nitrogens with zero attached hydrogens (tertiary/aromatic N) is 3. The van der Waals surface area contributed by atoms with Gasteiger partial charge in [0.15, 0.2) is 5.82 Å². The van der Waals surface area contributed by atoms with Crippen molar-refractivity contribution in [1.82, 2.24) is 20.1 Å². The first-order valence-corrected chi connectivity index (χ1v) is 9.95. The predicted molar refractivity (Wildman–Crippen MR) is 115 cm³/mol. The standard InChI is InChI=1S/C21H31N5O.ClH/c1-14(2)16-5-7-17(8-6-16)15(3)13-19(27)23-21-24-20(25-26(21)4)18-9-11-22-12-10-18;/h5-8,14-15,18,22H,9-13H2,1-4H3,(H,23,24,25,27);1H. The normalized spacial score (nSPS) is 15.9. The highest BCUT2D eigenvalue weighted by molar-refractivity contribution is 5.89. The third kappa shape index (κ3) is 5.55. The predicted octanol–water partition coefficient (Wildman–Crippen LogP) is 3.96. The van der Waals surface area contributed by atoms with Gasteiger partial charge in [-0.1, -0.05) is 45.0 Å². The summed E-state index contributed by atoms with van der Waals surface area (Å²) in [4.78, 5) is 17.1. The van der Waals surface area contributed by atoms with Crippen LogP contribution in [0.3, 0.4) is 0 Å². The van der Waals surface area contributed by atoms with E-state index < -0.39 is 0 Å². The second-order valence-corrected chi connectivity index (χ2v) is 7.92. The van der Waals surface area contributed by atoms with Gasteiger partial charge < -0.3 is 5.32 Å². The minimum Gasteiger partial charge on any atom is -0.317 e. The molecule has 2 heterocycles. The van der Waals surface area contributed by atoms with Crippen molar-refractivity contribution in [3.05, 3.63) is 41.2 Å². The molecule has 6 nitrogen and oxygen atoms in total. The minimum atomic E-state index is -0.0252. The van der Waals surface area contributed by atoms with Crippen molar-refractivity contribution >= 4 is 24.3 Å². The molecule has 28 heavy (non-hydrogen) atoms. The van der Waals surface area contributed by atoms with Crippen molar-refractivity contribution in [3.63, 3.8) is 0 Å². The van der Waals surface area contributed by atoms with E-state index in [-0.39, 0.29) is 24.2 Å². The molecule has 0 radical (unpaired) electrons. The third-order valence-corrected chi connectivity index (χ3v) is 5.40. The molecule has 1 atom stereocenters. The van der Waals surface area contributed by atoms with Crippen LogP contribution >= 0.6 is 12.4 Å². The number of halogens is 1. The monoisotopic (exact) mass is 405 g/mol. The number of piperidine rings is 1.